The highest BCUT2D eigenvalue weighted by Gasteiger charge is 2.07. The van der Waals surface area contributed by atoms with Gasteiger partial charge in [0.15, 0.2) is 0 Å². The van der Waals surface area contributed by atoms with Crippen LogP contribution in [0.4, 0.5) is 4.39 Å². The van der Waals surface area contributed by atoms with Crippen LogP contribution in [0.1, 0.15) is 13.3 Å². The Morgan fingerprint density at radius 1 is 1.62 bits per heavy atom. The minimum Gasteiger partial charge on any atom is -0.271 e. The largest absolute Gasteiger partial charge is 0.271 e. The molecule has 2 nitrogen and oxygen atoms in total. The summed E-state index contributed by atoms with van der Waals surface area (Å²) in [6, 6.07) is 6.74. The summed E-state index contributed by atoms with van der Waals surface area (Å²) < 4.78 is 12.9. The maximum atomic E-state index is 12.9. The zero-order valence-corrected chi connectivity index (χ0v) is 10.2. The van der Waals surface area contributed by atoms with Gasteiger partial charge in [-0.1, -0.05) is 11.6 Å². The summed E-state index contributed by atoms with van der Waals surface area (Å²) in [5.74, 6) is 6.03. The van der Waals surface area contributed by atoms with Crippen LogP contribution in [0.2, 0.25) is 0 Å². The molecule has 0 aliphatic heterocycles. The number of nitrogens with one attached hydrogen (secondary N) is 1. The van der Waals surface area contributed by atoms with Gasteiger partial charge in [0.1, 0.15) is 5.82 Å². The molecule has 88 valence electrons. The van der Waals surface area contributed by atoms with Gasteiger partial charge in [0.25, 0.3) is 0 Å². The number of benzene rings is 1. The van der Waals surface area contributed by atoms with E-state index in [9.17, 15) is 4.39 Å². The van der Waals surface area contributed by atoms with Crippen molar-refractivity contribution in [2.45, 2.75) is 24.3 Å². The molecule has 0 fully saturated rings. The van der Waals surface area contributed by atoms with Crippen molar-refractivity contribution >= 4 is 11.8 Å². The van der Waals surface area contributed by atoms with Crippen molar-refractivity contribution in [2.24, 2.45) is 5.84 Å². The number of hydrogen-bond acceptors (Lipinski definition) is 3. The van der Waals surface area contributed by atoms with Crippen molar-refractivity contribution in [3.05, 3.63) is 42.2 Å². The molecule has 1 aromatic rings. The Morgan fingerprint density at radius 2 is 2.38 bits per heavy atom. The summed E-state index contributed by atoms with van der Waals surface area (Å²) in [5, 5.41) is 0. The van der Waals surface area contributed by atoms with E-state index in [1.165, 1.54) is 12.1 Å². The molecule has 0 bridgehead atoms. The van der Waals surface area contributed by atoms with Gasteiger partial charge >= 0.3 is 0 Å². The predicted octanol–water partition coefficient (Wildman–Crippen LogP) is 2.72. The molecule has 0 heterocycles. The second kappa shape index (κ2) is 6.68. The zero-order chi connectivity index (χ0) is 12.0. The predicted molar refractivity (Wildman–Crippen MR) is 67.7 cm³/mol. The van der Waals surface area contributed by atoms with Gasteiger partial charge in [-0.25, -0.2) is 4.39 Å². The van der Waals surface area contributed by atoms with Crippen molar-refractivity contribution in [3.63, 3.8) is 0 Å². The molecule has 16 heavy (non-hydrogen) atoms. The van der Waals surface area contributed by atoms with Gasteiger partial charge in [-0.15, -0.1) is 18.3 Å². The maximum absolute atomic E-state index is 12.9. The van der Waals surface area contributed by atoms with Crippen LogP contribution in [-0.4, -0.2) is 11.8 Å². The SMILES string of the molecule is C=C(C)CC(CSc1cccc(F)c1)NN. The molecule has 0 radical (unpaired) electrons. The Hall–Kier alpha value is -0.840. The van der Waals surface area contributed by atoms with E-state index >= 15 is 0 Å². The van der Waals surface area contributed by atoms with Crippen molar-refractivity contribution in [3.8, 4) is 0 Å². The highest BCUT2D eigenvalue weighted by molar-refractivity contribution is 7.99. The number of halogens is 1. The molecule has 3 N–H and O–H groups in total. The van der Waals surface area contributed by atoms with E-state index in [-0.39, 0.29) is 11.9 Å². The molecule has 1 aromatic carbocycles. The number of nitrogens with two attached hydrogens (primary N) is 1. The Kier molecular flexibility index (Phi) is 5.52. The summed E-state index contributed by atoms with van der Waals surface area (Å²) in [5.41, 5.74) is 3.83. The van der Waals surface area contributed by atoms with E-state index in [4.69, 9.17) is 5.84 Å². The normalized spacial score (nSPS) is 12.4. The average molecular weight is 240 g/mol. The topological polar surface area (TPSA) is 38.0 Å². The number of rotatable bonds is 6. The van der Waals surface area contributed by atoms with Gasteiger partial charge in [-0.05, 0) is 31.5 Å². The molecular formula is C12H17FN2S. The Morgan fingerprint density at radius 3 is 2.94 bits per heavy atom. The van der Waals surface area contributed by atoms with E-state index in [0.717, 1.165) is 22.6 Å². The van der Waals surface area contributed by atoms with E-state index in [1.807, 2.05) is 13.0 Å². The maximum Gasteiger partial charge on any atom is 0.124 e. The molecular weight excluding hydrogens is 223 g/mol. The fourth-order valence-corrected chi connectivity index (χ4v) is 2.32. The summed E-state index contributed by atoms with van der Waals surface area (Å²) in [4.78, 5) is 0.918. The van der Waals surface area contributed by atoms with Crippen molar-refractivity contribution in [2.75, 3.05) is 5.75 Å². The van der Waals surface area contributed by atoms with Gasteiger partial charge in [0.2, 0.25) is 0 Å². The monoisotopic (exact) mass is 240 g/mol. The average Bonchev–Trinajstić information content (AvgIpc) is 2.24. The molecule has 0 aliphatic rings. The fourth-order valence-electron chi connectivity index (χ4n) is 1.34. The first kappa shape index (κ1) is 13.2. The number of hydrazine groups is 1. The summed E-state index contributed by atoms with van der Waals surface area (Å²) in [7, 11) is 0. The molecule has 4 heteroatoms. The van der Waals surface area contributed by atoms with Crippen LogP contribution in [0.25, 0.3) is 0 Å². The molecule has 1 unspecified atom stereocenters. The molecule has 0 spiro atoms. The number of hydrogen-bond donors (Lipinski definition) is 2. The summed E-state index contributed by atoms with van der Waals surface area (Å²) >= 11 is 1.59. The van der Waals surface area contributed by atoms with Crippen molar-refractivity contribution in [1.82, 2.24) is 5.43 Å². The molecule has 0 aromatic heterocycles. The lowest BCUT2D eigenvalue weighted by Crippen LogP contribution is -2.37. The highest BCUT2D eigenvalue weighted by Crippen LogP contribution is 2.20. The third-order valence-electron chi connectivity index (χ3n) is 2.08. The lowest BCUT2D eigenvalue weighted by molar-refractivity contribution is 0.573. The first-order chi connectivity index (χ1) is 7.61. The van der Waals surface area contributed by atoms with Crippen LogP contribution >= 0.6 is 11.8 Å². The van der Waals surface area contributed by atoms with Crippen LogP contribution in [0, 0.1) is 5.82 Å². The van der Waals surface area contributed by atoms with Gasteiger partial charge in [-0.3, -0.25) is 11.3 Å². The molecule has 0 aliphatic carbocycles. The van der Waals surface area contributed by atoms with Crippen LogP contribution in [0.5, 0.6) is 0 Å². The van der Waals surface area contributed by atoms with E-state index in [2.05, 4.69) is 12.0 Å². The first-order valence-electron chi connectivity index (χ1n) is 5.10. The van der Waals surface area contributed by atoms with Crippen LogP contribution < -0.4 is 11.3 Å². The first-order valence-corrected chi connectivity index (χ1v) is 6.09. The smallest absolute Gasteiger partial charge is 0.124 e. The second-order valence-electron chi connectivity index (χ2n) is 3.79. The summed E-state index contributed by atoms with van der Waals surface area (Å²) in [6.45, 7) is 5.82. The van der Waals surface area contributed by atoms with E-state index in [1.54, 1.807) is 17.8 Å². The van der Waals surface area contributed by atoms with Crippen LogP contribution in [-0.2, 0) is 0 Å². The Labute approximate surface area is 100 Å². The van der Waals surface area contributed by atoms with Crippen molar-refractivity contribution in [1.29, 1.82) is 0 Å². The van der Waals surface area contributed by atoms with Gasteiger partial charge < -0.3 is 0 Å². The molecule has 0 amide bonds. The van der Waals surface area contributed by atoms with Gasteiger partial charge in [0, 0.05) is 16.7 Å². The quantitative estimate of drug-likeness (QED) is 0.347. The molecule has 1 rings (SSSR count). The van der Waals surface area contributed by atoms with Crippen LogP contribution in [0.15, 0.2) is 41.3 Å². The van der Waals surface area contributed by atoms with Crippen molar-refractivity contribution < 1.29 is 4.39 Å². The molecule has 0 saturated heterocycles. The minimum absolute atomic E-state index is 0.172. The lowest BCUT2D eigenvalue weighted by Gasteiger charge is -2.15. The second-order valence-corrected chi connectivity index (χ2v) is 4.89. The third kappa shape index (κ3) is 4.79. The number of thioether (sulfide) groups is 1. The highest BCUT2D eigenvalue weighted by atomic mass is 32.2. The van der Waals surface area contributed by atoms with Crippen LogP contribution in [0.3, 0.4) is 0 Å². The van der Waals surface area contributed by atoms with E-state index in [0.29, 0.717) is 0 Å². The molecule has 0 saturated carbocycles. The van der Waals surface area contributed by atoms with E-state index < -0.39 is 0 Å². The third-order valence-corrected chi connectivity index (χ3v) is 3.23. The van der Waals surface area contributed by atoms with Gasteiger partial charge in [0.05, 0.1) is 0 Å². The van der Waals surface area contributed by atoms with Gasteiger partial charge in [-0.2, -0.15) is 0 Å². The lowest BCUT2D eigenvalue weighted by atomic mass is 10.1. The molecule has 1 atom stereocenters. The zero-order valence-electron chi connectivity index (χ0n) is 9.37. The fraction of sp³-hybridized carbons (Fsp3) is 0.333. The standard InChI is InChI=1S/C12H17FN2S/c1-9(2)6-11(15-14)8-16-12-5-3-4-10(13)7-12/h3-5,7,11,15H,1,6,8,14H2,2H3. The Balaban J connectivity index is 2.46. The Bertz CT molecular complexity index is 355. The summed E-state index contributed by atoms with van der Waals surface area (Å²) in [6.07, 6.45) is 0.832. The minimum atomic E-state index is -0.206.